The number of carbonyl (C=O) groups is 1. The molecule has 106 valence electrons. The van der Waals surface area contributed by atoms with Crippen LogP contribution in [0.5, 0.6) is 11.5 Å². The van der Waals surface area contributed by atoms with Crippen molar-refractivity contribution in [2.75, 3.05) is 27.2 Å². The molecule has 1 aromatic carbocycles. The Kier molecular flexibility index (Phi) is 6.36. The summed E-state index contributed by atoms with van der Waals surface area (Å²) in [6.07, 6.45) is 1.79. The number of nitrogens with zero attached hydrogens (tertiary/aromatic N) is 1. The van der Waals surface area contributed by atoms with Crippen molar-refractivity contribution < 1.29 is 14.3 Å². The molecule has 0 unspecified atom stereocenters. The van der Waals surface area contributed by atoms with Crippen LogP contribution in [0.3, 0.4) is 0 Å². The molecule has 0 fully saturated rings. The van der Waals surface area contributed by atoms with E-state index in [1.54, 1.807) is 6.07 Å². The molecule has 0 heterocycles. The predicted octanol–water partition coefficient (Wildman–Crippen LogP) is 2.50. The van der Waals surface area contributed by atoms with Gasteiger partial charge in [-0.2, -0.15) is 0 Å². The molecule has 0 aliphatic carbocycles. The van der Waals surface area contributed by atoms with Crippen LogP contribution in [0.1, 0.15) is 25.8 Å². The van der Waals surface area contributed by atoms with E-state index in [-0.39, 0.29) is 5.97 Å². The van der Waals surface area contributed by atoms with E-state index in [4.69, 9.17) is 9.47 Å². The third-order valence-electron chi connectivity index (χ3n) is 2.69. The Labute approximate surface area is 115 Å². The van der Waals surface area contributed by atoms with Gasteiger partial charge in [0.2, 0.25) is 0 Å². The van der Waals surface area contributed by atoms with Gasteiger partial charge in [0.15, 0.2) is 0 Å². The fraction of sp³-hybridized carbons (Fsp3) is 0.533. The lowest BCUT2D eigenvalue weighted by Crippen LogP contribution is -2.15. The van der Waals surface area contributed by atoms with E-state index in [2.05, 4.69) is 4.90 Å². The second-order valence-electron chi connectivity index (χ2n) is 4.72. The largest absolute Gasteiger partial charge is 0.493 e. The summed E-state index contributed by atoms with van der Waals surface area (Å²) in [7, 11) is 4.07. The van der Waals surface area contributed by atoms with Gasteiger partial charge in [-0.1, -0.05) is 13.0 Å². The molecule has 0 spiro atoms. The zero-order valence-electron chi connectivity index (χ0n) is 12.2. The minimum atomic E-state index is -0.306. The van der Waals surface area contributed by atoms with Gasteiger partial charge in [-0.05, 0) is 38.6 Å². The maximum absolute atomic E-state index is 11.1. The quantitative estimate of drug-likeness (QED) is 0.431. The summed E-state index contributed by atoms with van der Waals surface area (Å²) in [5.74, 6) is 1.03. The normalized spacial score (nSPS) is 10.6. The maximum Gasteiger partial charge on any atom is 0.308 e. The molecule has 0 saturated carbocycles. The molecule has 4 heteroatoms. The number of hydrogen-bond acceptors (Lipinski definition) is 4. The summed E-state index contributed by atoms with van der Waals surface area (Å²) < 4.78 is 10.9. The average Bonchev–Trinajstić information content (AvgIpc) is 2.34. The van der Waals surface area contributed by atoms with Crippen molar-refractivity contribution in [1.82, 2.24) is 4.90 Å². The fourth-order valence-electron chi connectivity index (χ4n) is 1.74. The Balaban J connectivity index is 2.61. The van der Waals surface area contributed by atoms with E-state index in [9.17, 15) is 4.79 Å². The zero-order chi connectivity index (χ0) is 14.3. The number of ether oxygens (including phenoxy) is 2. The van der Waals surface area contributed by atoms with E-state index < -0.39 is 0 Å². The number of aryl methyl sites for hydroxylation is 1. The lowest BCUT2D eigenvalue weighted by atomic mass is 10.1. The van der Waals surface area contributed by atoms with Gasteiger partial charge in [-0.15, -0.1) is 0 Å². The molecule has 0 atom stereocenters. The lowest BCUT2D eigenvalue weighted by Gasteiger charge is -2.12. The minimum absolute atomic E-state index is 0.306. The van der Waals surface area contributed by atoms with Crippen LogP contribution in [0.4, 0.5) is 0 Å². The average molecular weight is 265 g/mol. The number of benzene rings is 1. The highest BCUT2D eigenvalue weighted by Crippen LogP contribution is 2.25. The van der Waals surface area contributed by atoms with Crippen molar-refractivity contribution in [3.05, 3.63) is 23.8 Å². The first-order chi connectivity index (χ1) is 9.02. The van der Waals surface area contributed by atoms with Crippen LogP contribution < -0.4 is 9.47 Å². The molecule has 0 N–H and O–H groups in total. The van der Waals surface area contributed by atoms with Crippen molar-refractivity contribution in [1.29, 1.82) is 0 Å². The number of carbonyl (C=O) groups excluding carboxylic acids is 1. The van der Waals surface area contributed by atoms with Gasteiger partial charge in [0.1, 0.15) is 11.5 Å². The summed E-state index contributed by atoms with van der Waals surface area (Å²) >= 11 is 0. The predicted molar refractivity (Wildman–Crippen MR) is 75.8 cm³/mol. The van der Waals surface area contributed by atoms with Crippen LogP contribution in [0, 0.1) is 0 Å². The number of esters is 1. The summed E-state index contributed by atoms with van der Waals surface area (Å²) in [6, 6.07) is 5.65. The molecular weight excluding hydrogens is 242 g/mol. The SMILES string of the molecule is CCc1ccc(OCCCN(C)C)cc1OC(C)=O. The van der Waals surface area contributed by atoms with E-state index in [1.165, 1.54) is 6.92 Å². The molecule has 0 aromatic heterocycles. The van der Waals surface area contributed by atoms with Gasteiger partial charge >= 0.3 is 5.97 Å². The molecule has 0 amide bonds. The molecule has 19 heavy (non-hydrogen) atoms. The summed E-state index contributed by atoms with van der Waals surface area (Å²) in [5, 5.41) is 0. The van der Waals surface area contributed by atoms with Crippen molar-refractivity contribution in [2.24, 2.45) is 0 Å². The first kappa shape index (κ1) is 15.5. The van der Waals surface area contributed by atoms with Gasteiger partial charge in [-0.25, -0.2) is 0 Å². The fourth-order valence-corrected chi connectivity index (χ4v) is 1.74. The summed E-state index contributed by atoms with van der Waals surface area (Å²) in [5.41, 5.74) is 1.01. The molecule has 1 rings (SSSR count). The van der Waals surface area contributed by atoms with Crippen LogP contribution >= 0.6 is 0 Å². The molecule has 0 aliphatic rings. The summed E-state index contributed by atoms with van der Waals surface area (Å²) in [6.45, 7) is 5.08. The Morgan fingerprint density at radius 1 is 1.32 bits per heavy atom. The number of hydrogen-bond donors (Lipinski definition) is 0. The standard InChI is InChI=1S/C15H23NO3/c1-5-13-7-8-14(11-15(13)19-12(2)17)18-10-6-9-16(3)4/h7-8,11H,5-6,9-10H2,1-4H3. The first-order valence-electron chi connectivity index (χ1n) is 6.61. The molecule has 1 aromatic rings. The van der Waals surface area contributed by atoms with Gasteiger partial charge < -0.3 is 14.4 Å². The van der Waals surface area contributed by atoms with Crippen LogP contribution in [-0.4, -0.2) is 38.1 Å². The van der Waals surface area contributed by atoms with E-state index in [1.807, 2.05) is 33.2 Å². The van der Waals surface area contributed by atoms with Gasteiger partial charge in [0.05, 0.1) is 6.61 Å². The molecule has 0 saturated heterocycles. The van der Waals surface area contributed by atoms with Crippen molar-refractivity contribution in [2.45, 2.75) is 26.7 Å². The molecule has 0 bridgehead atoms. The Morgan fingerprint density at radius 3 is 2.63 bits per heavy atom. The van der Waals surface area contributed by atoms with Gasteiger partial charge in [0.25, 0.3) is 0 Å². The highest BCUT2D eigenvalue weighted by molar-refractivity contribution is 5.70. The zero-order valence-corrected chi connectivity index (χ0v) is 12.2. The minimum Gasteiger partial charge on any atom is -0.493 e. The molecular formula is C15H23NO3. The second kappa shape index (κ2) is 7.79. The Bertz CT molecular complexity index is 416. The third kappa shape index (κ3) is 5.75. The first-order valence-corrected chi connectivity index (χ1v) is 6.61. The summed E-state index contributed by atoms with van der Waals surface area (Å²) in [4.78, 5) is 13.2. The van der Waals surface area contributed by atoms with Crippen LogP contribution in [-0.2, 0) is 11.2 Å². The van der Waals surface area contributed by atoms with Crippen LogP contribution in [0.25, 0.3) is 0 Å². The van der Waals surface area contributed by atoms with Crippen molar-refractivity contribution in [3.8, 4) is 11.5 Å². The molecule has 4 nitrogen and oxygen atoms in total. The van der Waals surface area contributed by atoms with E-state index in [0.29, 0.717) is 12.4 Å². The van der Waals surface area contributed by atoms with Crippen LogP contribution in [0.2, 0.25) is 0 Å². The van der Waals surface area contributed by atoms with Gasteiger partial charge in [-0.3, -0.25) is 4.79 Å². The monoisotopic (exact) mass is 265 g/mol. The van der Waals surface area contributed by atoms with Crippen molar-refractivity contribution >= 4 is 5.97 Å². The maximum atomic E-state index is 11.1. The highest BCUT2D eigenvalue weighted by Gasteiger charge is 2.07. The van der Waals surface area contributed by atoms with Crippen molar-refractivity contribution in [3.63, 3.8) is 0 Å². The Morgan fingerprint density at radius 2 is 2.05 bits per heavy atom. The Hall–Kier alpha value is -1.55. The smallest absolute Gasteiger partial charge is 0.308 e. The van der Waals surface area contributed by atoms with Crippen LogP contribution in [0.15, 0.2) is 18.2 Å². The van der Waals surface area contributed by atoms with E-state index >= 15 is 0 Å². The highest BCUT2D eigenvalue weighted by atomic mass is 16.5. The number of rotatable bonds is 7. The third-order valence-corrected chi connectivity index (χ3v) is 2.69. The second-order valence-corrected chi connectivity index (χ2v) is 4.72. The molecule has 0 aliphatic heterocycles. The molecule has 0 radical (unpaired) electrons. The van der Waals surface area contributed by atoms with E-state index in [0.717, 1.165) is 30.7 Å². The topological polar surface area (TPSA) is 38.8 Å². The lowest BCUT2D eigenvalue weighted by molar-refractivity contribution is -0.131. The van der Waals surface area contributed by atoms with Gasteiger partial charge in [0, 0.05) is 19.5 Å².